The van der Waals surface area contributed by atoms with Crippen LogP contribution in [0, 0.1) is 0 Å². The quantitative estimate of drug-likeness (QED) is 0.476. The summed E-state index contributed by atoms with van der Waals surface area (Å²) in [6.45, 7) is 6.07. The molecule has 1 aliphatic heterocycles. The summed E-state index contributed by atoms with van der Waals surface area (Å²) in [5, 5.41) is 0. The molecule has 0 saturated carbocycles. The smallest absolute Gasteiger partial charge is 0.189 e. The van der Waals surface area contributed by atoms with E-state index >= 15 is 0 Å². The maximum atomic E-state index is 12.5. The summed E-state index contributed by atoms with van der Waals surface area (Å²) in [5.41, 5.74) is 4.66. The monoisotopic (exact) mass is 371 g/mol. The van der Waals surface area contributed by atoms with Gasteiger partial charge in [0, 0.05) is 48.9 Å². The van der Waals surface area contributed by atoms with Gasteiger partial charge < -0.3 is 9.32 Å². The second kappa shape index (κ2) is 7.64. The molecule has 0 fully saturated rings. The number of anilines is 1. The van der Waals surface area contributed by atoms with Gasteiger partial charge in [-0.3, -0.25) is 9.78 Å². The number of fused-ring (bicyclic) bond motifs is 2. The zero-order valence-electron chi connectivity index (χ0n) is 15.9. The minimum Gasteiger partial charge on any atom is -0.453 e. The Balaban J connectivity index is 1.77. The number of aromatic nitrogens is 2. The Hall–Kier alpha value is -3.47. The Morgan fingerprint density at radius 2 is 1.79 bits per heavy atom. The molecule has 0 bridgehead atoms. The Labute approximate surface area is 163 Å². The first-order valence-corrected chi connectivity index (χ1v) is 9.39. The Kier molecular flexibility index (Phi) is 4.89. The summed E-state index contributed by atoms with van der Waals surface area (Å²) in [4.78, 5) is 23.4. The molecular weight excluding hydrogens is 350 g/mol. The number of benzene rings is 2. The molecule has 0 spiro atoms. The molecule has 0 amide bonds. The van der Waals surface area contributed by atoms with Crippen molar-refractivity contribution in [1.82, 2.24) is 9.97 Å². The summed E-state index contributed by atoms with van der Waals surface area (Å²) in [6.07, 6.45) is 7.12. The number of pyridine rings is 1. The van der Waals surface area contributed by atoms with Crippen LogP contribution in [0.25, 0.3) is 34.7 Å². The number of nitrogens with zero attached hydrogens (tertiary/aromatic N) is 3. The van der Waals surface area contributed by atoms with Gasteiger partial charge in [0.15, 0.2) is 16.8 Å². The van der Waals surface area contributed by atoms with E-state index in [2.05, 4.69) is 29.8 Å². The third kappa shape index (κ3) is 3.51. The Morgan fingerprint density at radius 1 is 1.00 bits per heavy atom. The third-order valence-electron chi connectivity index (χ3n) is 4.79. The van der Waals surface area contributed by atoms with E-state index < -0.39 is 0 Å². The van der Waals surface area contributed by atoms with Crippen LogP contribution in [0.15, 0.2) is 64.1 Å². The number of rotatable bonds is 5. The van der Waals surface area contributed by atoms with E-state index in [-0.39, 0.29) is 5.43 Å². The first kappa shape index (κ1) is 17.9. The normalized spacial score (nSPS) is 11.5. The van der Waals surface area contributed by atoms with Crippen LogP contribution < -0.4 is 10.3 Å². The highest BCUT2D eigenvalue weighted by atomic mass is 16.3. The average molecular weight is 371 g/mol. The molecule has 2 aromatic rings. The van der Waals surface area contributed by atoms with E-state index in [0.29, 0.717) is 22.6 Å². The van der Waals surface area contributed by atoms with Crippen LogP contribution in [0.3, 0.4) is 0 Å². The van der Waals surface area contributed by atoms with Crippen LogP contribution in [0.4, 0.5) is 5.69 Å². The minimum absolute atomic E-state index is 0.0948. The molecule has 1 aromatic heterocycles. The summed E-state index contributed by atoms with van der Waals surface area (Å²) < 4.78 is 6.00. The van der Waals surface area contributed by atoms with Gasteiger partial charge in [-0.1, -0.05) is 12.2 Å². The Bertz CT molecular complexity index is 1160. The van der Waals surface area contributed by atoms with Crippen molar-refractivity contribution in [2.24, 2.45) is 0 Å². The lowest BCUT2D eigenvalue weighted by atomic mass is 10.1. The van der Waals surface area contributed by atoms with Crippen molar-refractivity contribution in [3.8, 4) is 11.5 Å². The fourth-order valence-corrected chi connectivity index (χ4v) is 3.24. The molecule has 1 aromatic carbocycles. The van der Waals surface area contributed by atoms with Gasteiger partial charge in [0.1, 0.15) is 11.2 Å². The summed E-state index contributed by atoms with van der Waals surface area (Å²) in [5.74, 6) is 0.496. The SMILES string of the molecule is CCN(CC)c1ccc2nc3cc(/C=C/c4ccncc4)c(=O)cc-3oc2c1. The van der Waals surface area contributed by atoms with E-state index in [1.165, 1.54) is 6.07 Å². The molecule has 0 N–H and O–H groups in total. The lowest BCUT2D eigenvalue weighted by Crippen LogP contribution is -2.21. The standard InChI is InChI=1S/C23H21N3O2/c1-3-26(4-2)18-7-8-19-22(14-18)28-23-15-21(27)17(13-20(23)25-19)6-5-16-9-11-24-12-10-16/h5-15H,3-4H2,1-2H3/b6-5+. The highest BCUT2D eigenvalue weighted by Gasteiger charge is 2.13. The van der Waals surface area contributed by atoms with Crippen LogP contribution in [0.1, 0.15) is 25.0 Å². The first-order chi connectivity index (χ1) is 13.7. The van der Waals surface area contributed by atoms with Gasteiger partial charge in [-0.2, -0.15) is 0 Å². The number of hydrogen-bond acceptors (Lipinski definition) is 5. The van der Waals surface area contributed by atoms with Crippen LogP contribution in [-0.4, -0.2) is 23.1 Å². The molecule has 0 radical (unpaired) electrons. The van der Waals surface area contributed by atoms with Crippen molar-refractivity contribution in [2.45, 2.75) is 13.8 Å². The molecule has 0 saturated heterocycles. The first-order valence-electron chi connectivity index (χ1n) is 9.39. The zero-order chi connectivity index (χ0) is 19.5. The lowest BCUT2D eigenvalue weighted by Gasteiger charge is -2.21. The molecule has 5 heteroatoms. The molecule has 2 aliphatic rings. The van der Waals surface area contributed by atoms with Crippen LogP contribution in [0.5, 0.6) is 0 Å². The van der Waals surface area contributed by atoms with Gasteiger partial charge in [0.25, 0.3) is 0 Å². The predicted molar refractivity (Wildman–Crippen MR) is 114 cm³/mol. The second-order valence-corrected chi connectivity index (χ2v) is 6.51. The van der Waals surface area contributed by atoms with Gasteiger partial charge in [-0.05, 0) is 49.7 Å². The molecule has 2 heterocycles. The lowest BCUT2D eigenvalue weighted by molar-refractivity contribution is 0.612. The van der Waals surface area contributed by atoms with Crippen molar-refractivity contribution in [3.05, 3.63) is 76.2 Å². The van der Waals surface area contributed by atoms with Crippen molar-refractivity contribution in [2.75, 3.05) is 18.0 Å². The zero-order valence-corrected chi connectivity index (χ0v) is 15.9. The van der Waals surface area contributed by atoms with E-state index in [9.17, 15) is 4.79 Å². The van der Waals surface area contributed by atoms with Gasteiger partial charge in [0.05, 0.1) is 0 Å². The maximum Gasteiger partial charge on any atom is 0.189 e. The third-order valence-corrected chi connectivity index (χ3v) is 4.79. The molecule has 0 unspecified atom stereocenters. The summed E-state index contributed by atoms with van der Waals surface area (Å²) in [7, 11) is 0. The molecular formula is C23H21N3O2. The largest absolute Gasteiger partial charge is 0.453 e. The molecule has 4 rings (SSSR count). The highest BCUT2D eigenvalue weighted by molar-refractivity contribution is 5.81. The van der Waals surface area contributed by atoms with Crippen molar-refractivity contribution in [1.29, 1.82) is 0 Å². The fourth-order valence-electron chi connectivity index (χ4n) is 3.24. The summed E-state index contributed by atoms with van der Waals surface area (Å²) >= 11 is 0. The molecule has 1 aliphatic carbocycles. The van der Waals surface area contributed by atoms with E-state index in [0.717, 1.165) is 29.9 Å². The summed E-state index contributed by atoms with van der Waals surface area (Å²) in [6, 6.07) is 13.1. The van der Waals surface area contributed by atoms with Gasteiger partial charge >= 0.3 is 0 Å². The molecule has 0 atom stereocenters. The van der Waals surface area contributed by atoms with Crippen LogP contribution >= 0.6 is 0 Å². The van der Waals surface area contributed by atoms with Gasteiger partial charge in [-0.25, -0.2) is 4.98 Å². The predicted octanol–water partition coefficient (Wildman–Crippen LogP) is 4.70. The van der Waals surface area contributed by atoms with Crippen molar-refractivity contribution >= 4 is 28.9 Å². The molecule has 28 heavy (non-hydrogen) atoms. The van der Waals surface area contributed by atoms with E-state index in [4.69, 9.17) is 9.40 Å². The fraction of sp³-hybridized carbons (Fsp3) is 0.174. The van der Waals surface area contributed by atoms with Gasteiger partial charge in [0.2, 0.25) is 0 Å². The van der Waals surface area contributed by atoms with Crippen LogP contribution in [0.2, 0.25) is 0 Å². The molecule has 140 valence electrons. The van der Waals surface area contributed by atoms with E-state index in [1.807, 2.05) is 30.3 Å². The van der Waals surface area contributed by atoms with E-state index in [1.54, 1.807) is 24.5 Å². The maximum absolute atomic E-state index is 12.5. The van der Waals surface area contributed by atoms with Crippen molar-refractivity contribution in [3.63, 3.8) is 0 Å². The average Bonchev–Trinajstić information content (AvgIpc) is 2.72. The van der Waals surface area contributed by atoms with Crippen LogP contribution in [-0.2, 0) is 0 Å². The topological polar surface area (TPSA) is 59.2 Å². The minimum atomic E-state index is -0.0948. The Morgan fingerprint density at radius 3 is 2.54 bits per heavy atom. The second-order valence-electron chi connectivity index (χ2n) is 6.51. The van der Waals surface area contributed by atoms with Crippen molar-refractivity contribution < 1.29 is 4.42 Å². The highest BCUT2D eigenvalue weighted by Crippen LogP contribution is 2.28. The molecule has 5 nitrogen and oxygen atoms in total. The van der Waals surface area contributed by atoms with Gasteiger partial charge in [-0.15, -0.1) is 0 Å². The number of hydrogen-bond donors (Lipinski definition) is 0.